The molecule has 118 valence electrons. The summed E-state index contributed by atoms with van der Waals surface area (Å²) in [5.41, 5.74) is 2.39. The number of hydrogen-bond donors (Lipinski definition) is 1. The number of hydrogen-bond acceptors (Lipinski definition) is 4. The van der Waals surface area contributed by atoms with Crippen LogP contribution >= 0.6 is 0 Å². The van der Waals surface area contributed by atoms with Crippen LogP contribution in [0.2, 0.25) is 0 Å². The lowest BCUT2D eigenvalue weighted by molar-refractivity contribution is 0.0296. The van der Waals surface area contributed by atoms with Gasteiger partial charge in [0.05, 0.1) is 18.8 Å². The van der Waals surface area contributed by atoms with Crippen LogP contribution in [0.25, 0.3) is 0 Å². The molecule has 1 fully saturated rings. The number of rotatable bonds is 5. The molecule has 1 aromatic heterocycles. The van der Waals surface area contributed by atoms with E-state index in [1.54, 1.807) is 0 Å². The third-order valence-electron chi connectivity index (χ3n) is 3.95. The van der Waals surface area contributed by atoms with Gasteiger partial charge in [-0.15, -0.1) is 0 Å². The Hall–Kier alpha value is -1.13. The Morgan fingerprint density at radius 2 is 2.19 bits per heavy atom. The molecule has 1 N–H and O–H groups in total. The maximum Gasteiger partial charge on any atom is 0.129 e. The summed E-state index contributed by atoms with van der Waals surface area (Å²) in [5.74, 6) is 1.09. The fourth-order valence-electron chi connectivity index (χ4n) is 2.76. The Bertz CT molecular complexity index is 461. The number of pyridine rings is 1. The minimum Gasteiger partial charge on any atom is -0.375 e. The first-order valence-corrected chi connectivity index (χ1v) is 8.08. The molecule has 4 heteroatoms. The van der Waals surface area contributed by atoms with Gasteiger partial charge in [-0.05, 0) is 38.0 Å². The minimum absolute atomic E-state index is 0.271. The largest absolute Gasteiger partial charge is 0.375 e. The molecular formula is C17H29N3O. The van der Waals surface area contributed by atoms with Crippen LogP contribution in [0.3, 0.4) is 0 Å². The molecule has 0 aromatic carbocycles. The first kappa shape index (κ1) is 16.2. The Kier molecular flexibility index (Phi) is 5.59. The van der Waals surface area contributed by atoms with Gasteiger partial charge in [0.2, 0.25) is 0 Å². The van der Waals surface area contributed by atoms with Crippen molar-refractivity contribution in [2.24, 2.45) is 0 Å². The average molecular weight is 291 g/mol. The van der Waals surface area contributed by atoms with Crippen LogP contribution < -0.4 is 10.2 Å². The molecule has 1 saturated heterocycles. The molecule has 2 rings (SSSR count). The van der Waals surface area contributed by atoms with E-state index < -0.39 is 0 Å². The fraction of sp³-hybridized carbons (Fsp3) is 0.706. The normalized spacial score (nSPS) is 22.9. The van der Waals surface area contributed by atoms with Crippen molar-refractivity contribution in [1.29, 1.82) is 0 Å². The first-order valence-electron chi connectivity index (χ1n) is 8.08. The van der Waals surface area contributed by atoms with Crippen molar-refractivity contribution in [3.05, 3.63) is 23.4 Å². The summed E-state index contributed by atoms with van der Waals surface area (Å²) in [5, 5.41) is 3.48. The number of ether oxygens (including phenoxy) is 1. The van der Waals surface area contributed by atoms with Crippen molar-refractivity contribution in [2.45, 2.75) is 65.8 Å². The van der Waals surface area contributed by atoms with Crippen LogP contribution in [0.5, 0.6) is 0 Å². The Morgan fingerprint density at radius 3 is 2.86 bits per heavy atom. The van der Waals surface area contributed by atoms with Crippen LogP contribution in [0.4, 0.5) is 5.82 Å². The van der Waals surface area contributed by atoms with Crippen LogP contribution in [0.15, 0.2) is 12.1 Å². The molecule has 1 aliphatic rings. The molecule has 0 spiro atoms. The summed E-state index contributed by atoms with van der Waals surface area (Å²) in [4.78, 5) is 7.18. The van der Waals surface area contributed by atoms with Gasteiger partial charge in [-0.1, -0.05) is 20.8 Å². The second-order valence-corrected chi connectivity index (χ2v) is 6.37. The molecule has 2 unspecified atom stereocenters. The van der Waals surface area contributed by atoms with Gasteiger partial charge in [-0.25, -0.2) is 4.98 Å². The number of aryl methyl sites for hydroxylation is 1. The molecule has 1 aliphatic heterocycles. The number of morpholine rings is 1. The second kappa shape index (κ2) is 7.23. The average Bonchev–Trinajstić information content (AvgIpc) is 2.44. The van der Waals surface area contributed by atoms with Gasteiger partial charge in [0.25, 0.3) is 0 Å². The smallest absolute Gasteiger partial charge is 0.129 e. The van der Waals surface area contributed by atoms with Crippen molar-refractivity contribution < 1.29 is 4.74 Å². The van der Waals surface area contributed by atoms with E-state index in [-0.39, 0.29) is 6.10 Å². The van der Waals surface area contributed by atoms with E-state index in [0.717, 1.165) is 37.6 Å². The summed E-state index contributed by atoms with van der Waals surface area (Å²) in [7, 11) is 0. The predicted molar refractivity (Wildman–Crippen MR) is 87.8 cm³/mol. The van der Waals surface area contributed by atoms with Crippen LogP contribution in [0, 0.1) is 6.92 Å². The molecule has 0 radical (unpaired) electrons. The molecule has 0 saturated carbocycles. The second-order valence-electron chi connectivity index (χ2n) is 6.37. The number of aromatic nitrogens is 1. The zero-order valence-corrected chi connectivity index (χ0v) is 14.0. The summed E-state index contributed by atoms with van der Waals surface area (Å²) < 4.78 is 5.79. The number of nitrogens with zero attached hydrogens (tertiary/aromatic N) is 2. The first-order chi connectivity index (χ1) is 9.99. The van der Waals surface area contributed by atoms with E-state index in [2.05, 4.69) is 57.0 Å². The van der Waals surface area contributed by atoms with Crippen molar-refractivity contribution in [1.82, 2.24) is 10.3 Å². The van der Waals surface area contributed by atoms with E-state index in [4.69, 9.17) is 9.72 Å². The zero-order chi connectivity index (χ0) is 15.4. The quantitative estimate of drug-likeness (QED) is 0.905. The molecule has 1 aromatic rings. The van der Waals surface area contributed by atoms with Gasteiger partial charge in [0.1, 0.15) is 5.82 Å². The van der Waals surface area contributed by atoms with Crippen molar-refractivity contribution >= 4 is 5.82 Å². The van der Waals surface area contributed by atoms with Gasteiger partial charge in [-0.2, -0.15) is 0 Å². The Morgan fingerprint density at radius 1 is 1.43 bits per heavy atom. The summed E-state index contributed by atoms with van der Waals surface area (Å²) in [6.07, 6.45) is 1.36. The molecule has 21 heavy (non-hydrogen) atoms. The Balaban J connectivity index is 2.20. The lowest BCUT2D eigenvalue weighted by Crippen LogP contribution is -2.49. The third-order valence-corrected chi connectivity index (χ3v) is 3.95. The van der Waals surface area contributed by atoms with Crippen LogP contribution in [0.1, 0.15) is 45.4 Å². The maximum absolute atomic E-state index is 5.79. The maximum atomic E-state index is 5.79. The standard InChI is InChI=1S/C17H29N3O/c1-6-16-11-21-14(5)10-20(16)17-8-15(7-13(4)19-17)9-18-12(2)3/h7-8,12,14,16,18H,6,9-11H2,1-5H3. The van der Waals surface area contributed by atoms with E-state index in [9.17, 15) is 0 Å². The fourth-order valence-corrected chi connectivity index (χ4v) is 2.76. The molecule has 4 nitrogen and oxygen atoms in total. The van der Waals surface area contributed by atoms with Crippen molar-refractivity contribution in [3.8, 4) is 0 Å². The predicted octanol–water partition coefficient (Wildman–Crippen LogP) is 2.89. The summed E-state index contributed by atoms with van der Waals surface area (Å²) in [6, 6.07) is 5.32. The lowest BCUT2D eigenvalue weighted by atomic mass is 10.1. The molecule has 2 atom stereocenters. The topological polar surface area (TPSA) is 37.4 Å². The van der Waals surface area contributed by atoms with Gasteiger partial charge >= 0.3 is 0 Å². The van der Waals surface area contributed by atoms with E-state index >= 15 is 0 Å². The molecule has 0 bridgehead atoms. The lowest BCUT2D eigenvalue weighted by Gasteiger charge is -2.39. The van der Waals surface area contributed by atoms with Crippen LogP contribution in [-0.4, -0.2) is 36.3 Å². The monoisotopic (exact) mass is 291 g/mol. The third kappa shape index (κ3) is 4.42. The molecule has 0 aliphatic carbocycles. The molecule has 0 amide bonds. The van der Waals surface area contributed by atoms with E-state index in [1.807, 2.05) is 0 Å². The highest BCUT2D eigenvalue weighted by atomic mass is 16.5. The van der Waals surface area contributed by atoms with Crippen molar-refractivity contribution in [3.63, 3.8) is 0 Å². The van der Waals surface area contributed by atoms with E-state index in [1.165, 1.54) is 5.56 Å². The summed E-state index contributed by atoms with van der Waals surface area (Å²) >= 11 is 0. The van der Waals surface area contributed by atoms with Gasteiger partial charge < -0.3 is 15.0 Å². The highest BCUT2D eigenvalue weighted by Gasteiger charge is 2.26. The number of anilines is 1. The van der Waals surface area contributed by atoms with E-state index in [0.29, 0.717) is 12.1 Å². The highest BCUT2D eigenvalue weighted by molar-refractivity contribution is 5.44. The molecule has 2 heterocycles. The van der Waals surface area contributed by atoms with Gasteiger partial charge in [-0.3, -0.25) is 0 Å². The minimum atomic E-state index is 0.271. The Labute approximate surface area is 128 Å². The SMILES string of the molecule is CCC1COC(C)CN1c1cc(CNC(C)C)cc(C)n1. The molecular weight excluding hydrogens is 262 g/mol. The van der Waals surface area contributed by atoms with Gasteiger partial charge in [0.15, 0.2) is 0 Å². The highest BCUT2D eigenvalue weighted by Crippen LogP contribution is 2.23. The number of nitrogens with one attached hydrogen (secondary N) is 1. The van der Waals surface area contributed by atoms with Crippen molar-refractivity contribution in [2.75, 3.05) is 18.1 Å². The van der Waals surface area contributed by atoms with Crippen LogP contribution in [-0.2, 0) is 11.3 Å². The van der Waals surface area contributed by atoms with Gasteiger partial charge in [0, 0.05) is 24.8 Å². The summed E-state index contributed by atoms with van der Waals surface area (Å²) in [6.45, 7) is 13.4. The zero-order valence-electron chi connectivity index (χ0n) is 14.0.